The van der Waals surface area contributed by atoms with Gasteiger partial charge in [-0.25, -0.2) is 0 Å². The summed E-state index contributed by atoms with van der Waals surface area (Å²) < 4.78 is 11.6. The molecule has 2 aromatic rings. The van der Waals surface area contributed by atoms with Crippen molar-refractivity contribution < 1.29 is 19.1 Å². The first-order valence-electron chi connectivity index (χ1n) is 11.3. The monoisotopic (exact) mass is 438 g/mol. The van der Waals surface area contributed by atoms with E-state index >= 15 is 0 Å². The quantitative estimate of drug-likeness (QED) is 0.588. The smallest absolute Gasteiger partial charge is 0.260 e. The topological polar surface area (TPSA) is 59.1 Å². The van der Waals surface area contributed by atoms with Gasteiger partial charge in [-0.3, -0.25) is 9.59 Å². The predicted molar refractivity (Wildman–Crippen MR) is 125 cm³/mol. The fourth-order valence-electron chi connectivity index (χ4n) is 3.98. The summed E-state index contributed by atoms with van der Waals surface area (Å²) in [6, 6.07) is 12.0. The number of nitrogens with zero attached hydrogens (tertiary/aromatic N) is 2. The lowest BCUT2D eigenvalue weighted by Crippen LogP contribution is -2.51. The molecule has 0 atom stereocenters. The van der Waals surface area contributed by atoms with E-state index in [1.54, 1.807) is 4.90 Å². The summed E-state index contributed by atoms with van der Waals surface area (Å²) in [4.78, 5) is 28.7. The zero-order valence-corrected chi connectivity index (χ0v) is 19.6. The van der Waals surface area contributed by atoms with Gasteiger partial charge >= 0.3 is 0 Å². The van der Waals surface area contributed by atoms with Crippen LogP contribution in [-0.4, -0.2) is 61.0 Å². The fourth-order valence-corrected chi connectivity index (χ4v) is 3.98. The highest BCUT2D eigenvalue weighted by Crippen LogP contribution is 2.22. The number of carbonyl (C=O) groups is 2. The van der Waals surface area contributed by atoms with Gasteiger partial charge in [-0.2, -0.15) is 0 Å². The highest BCUT2D eigenvalue weighted by atomic mass is 16.5. The van der Waals surface area contributed by atoms with Crippen LogP contribution in [0.5, 0.6) is 11.5 Å². The van der Waals surface area contributed by atoms with Gasteiger partial charge < -0.3 is 19.3 Å². The molecule has 0 aromatic heterocycles. The van der Waals surface area contributed by atoms with Gasteiger partial charge in [-0.05, 0) is 56.9 Å². The second kappa shape index (κ2) is 11.0. The minimum absolute atomic E-state index is 0.0213. The molecule has 0 spiro atoms. The van der Waals surface area contributed by atoms with Crippen molar-refractivity contribution in [3.8, 4) is 11.5 Å². The normalized spacial score (nSPS) is 13.8. The Morgan fingerprint density at radius 1 is 0.812 bits per heavy atom. The minimum Gasteiger partial charge on any atom is -0.493 e. The Bertz CT molecular complexity index is 929. The van der Waals surface area contributed by atoms with E-state index in [1.807, 2.05) is 69.0 Å². The molecule has 1 aliphatic rings. The molecule has 1 fully saturated rings. The molecule has 6 nitrogen and oxygen atoms in total. The van der Waals surface area contributed by atoms with Crippen LogP contribution in [0.25, 0.3) is 0 Å². The van der Waals surface area contributed by atoms with E-state index in [9.17, 15) is 9.59 Å². The van der Waals surface area contributed by atoms with Gasteiger partial charge in [0.05, 0.1) is 6.61 Å². The number of piperazine rings is 1. The number of hydrogen-bond donors (Lipinski definition) is 0. The van der Waals surface area contributed by atoms with Crippen molar-refractivity contribution in [1.29, 1.82) is 0 Å². The van der Waals surface area contributed by atoms with E-state index in [2.05, 4.69) is 0 Å². The molecule has 3 rings (SSSR count). The van der Waals surface area contributed by atoms with E-state index in [1.165, 1.54) is 5.56 Å². The van der Waals surface area contributed by atoms with E-state index in [0.717, 1.165) is 28.2 Å². The highest BCUT2D eigenvalue weighted by Gasteiger charge is 2.24. The maximum Gasteiger partial charge on any atom is 0.260 e. The Labute approximate surface area is 191 Å². The van der Waals surface area contributed by atoms with Crippen LogP contribution in [0.2, 0.25) is 0 Å². The third-order valence-corrected chi connectivity index (χ3v) is 5.86. The summed E-state index contributed by atoms with van der Waals surface area (Å²) >= 11 is 0. The average Bonchev–Trinajstić information content (AvgIpc) is 2.77. The first-order chi connectivity index (χ1) is 15.3. The average molecular weight is 439 g/mol. The highest BCUT2D eigenvalue weighted by molar-refractivity contribution is 5.79. The lowest BCUT2D eigenvalue weighted by atomic mass is 10.1. The number of benzene rings is 2. The predicted octanol–water partition coefficient (Wildman–Crippen LogP) is 3.83. The second-order valence-corrected chi connectivity index (χ2v) is 8.49. The molecular weight excluding hydrogens is 404 g/mol. The number of aryl methyl sites for hydroxylation is 4. The van der Waals surface area contributed by atoms with Crippen LogP contribution in [0.1, 0.15) is 35.1 Å². The van der Waals surface area contributed by atoms with Crippen molar-refractivity contribution in [3.05, 3.63) is 58.7 Å². The lowest BCUT2D eigenvalue weighted by molar-refractivity contribution is -0.140. The molecule has 2 aromatic carbocycles. The van der Waals surface area contributed by atoms with Gasteiger partial charge in [0.25, 0.3) is 5.91 Å². The van der Waals surface area contributed by atoms with Crippen molar-refractivity contribution >= 4 is 11.8 Å². The summed E-state index contributed by atoms with van der Waals surface area (Å²) in [7, 11) is 0. The number of carbonyl (C=O) groups excluding carboxylic acids is 2. The molecule has 0 unspecified atom stereocenters. The Balaban J connectivity index is 1.36. The van der Waals surface area contributed by atoms with Crippen LogP contribution in [0.4, 0.5) is 0 Å². The van der Waals surface area contributed by atoms with E-state index in [0.29, 0.717) is 45.6 Å². The van der Waals surface area contributed by atoms with Crippen molar-refractivity contribution in [2.75, 3.05) is 39.4 Å². The van der Waals surface area contributed by atoms with Crippen LogP contribution in [0.15, 0.2) is 36.4 Å². The van der Waals surface area contributed by atoms with Crippen LogP contribution in [0.3, 0.4) is 0 Å². The molecule has 1 aliphatic heterocycles. The molecule has 0 N–H and O–H groups in total. The molecular formula is C26H34N2O4. The van der Waals surface area contributed by atoms with Crippen LogP contribution in [-0.2, 0) is 9.59 Å². The molecule has 0 aliphatic carbocycles. The molecule has 1 saturated heterocycles. The molecule has 32 heavy (non-hydrogen) atoms. The van der Waals surface area contributed by atoms with Gasteiger partial charge in [0.15, 0.2) is 6.61 Å². The van der Waals surface area contributed by atoms with Crippen molar-refractivity contribution in [1.82, 2.24) is 9.80 Å². The number of hydrogen-bond acceptors (Lipinski definition) is 4. The molecule has 172 valence electrons. The molecule has 0 saturated carbocycles. The lowest BCUT2D eigenvalue weighted by Gasteiger charge is -2.34. The standard InChI is InChI=1S/C26H34N2O4/c1-19-10-11-23(22(4)17-19)32-18-25(30)28-14-12-27(13-15-28)24(29)9-6-16-31-26-20(2)7-5-8-21(26)3/h5,7-8,10-11,17H,6,9,12-16,18H2,1-4H3. The van der Waals surface area contributed by atoms with Crippen LogP contribution in [0, 0.1) is 27.7 Å². The molecule has 0 radical (unpaired) electrons. The fraction of sp³-hybridized carbons (Fsp3) is 0.462. The van der Waals surface area contributed by atoms with E-state index in [4.69, 9.17) is 9.47 Å². The summed E-state index contributed by atoms with van der Waals surface area (Å²) in [5.74, 6) is 1.73. The Morgan fingerprint density at radius 3 is 2.06 bits per heavy atom. The SMILES string of the molecule is Cc1ccc(OCC(=O)N2CCN(C(=O)CCCOc3c(C)cccc3C)CC2)c(C)c1. The number of amides is 2. The molecule has 0 bridgehead atoms. The first-order valence-corrected chi connectivity index (χ1v) is 11.3. The van der Waals surface area contributed by atoms with Crippen molar-refractivity contribution in [3.63, 3.8) is 0 Å². The Morgan fingerprint density at radius 2 is 1.44 bits per heavy atom. The van der Waals surface area contributed by atoms with Gasteiger partial charge in [0.2, 0.25) is 5.91 Å². The van der Waals surface area contributed by atoms with E-state index < -0.39 is 0 Å². The van der Waals surface area contributed by atoms with Gasteiger partial charge in [0.1, 0.15) is 11.5 Å². The molecule has 1 heterocycles. The maximum atomic E-state index is 12.5. The number of para-hydroxylation sites is 1. The van der Waals surface area contributed by atoms with E-state index in [-0.39, 0.29) is 18.4 Å². The summed E-state index contributed by atoms with van der Waals surface area (Å²) in [5, 5.41) is 0. The van der Waals surface area contributed by atoms with Gasteiger partial charge in [-0.1, -0.05) is 35.9 Å². The number of rotatable bonds is 8. The maximum absolute atomic E-state index is 12.5. The van der Waals surface area contributed by atoms with Gasteiger partial charge in [-0.15, -0.1) is 0 Å². The minimum atomic E-state index is -0.0425. The largest absolute Gasteiger partial charge is 0.493 e. The first kappa shape index (κ1) is 23.6. The Hall–Kier alpha value is -3.02. The summed E-state index contributed by atoms with van der Waals surface area (Å²) in [6.07, 6.45) is 1.13. The second-order valence-electron chi connectivity index (χ2n) is 8.49. The zero-order valence-electron chi connectivity index (χ0n) is 19.6. The summed E-state index contributed by atoms with van der Waals surface area (Å²) in [6.45, 7) is 10.8. The Kier molecular flexibility index (Phi) is 8.14. The molecule has 2 amide bonds. The van der Waals surface area contributed by atoms with Crippen molar-refractivity contribution in [2.24, 2.45) is 0 Å². The van der Waals surface area contributed by atoms with Crippen molar-refractivity contribution in [2.45, 2.75) is 40.5 Å². The number of ether oxygens (including phenoxy) is 2. The van der Waals surface area contributed by atoms with Crippen LogP contribution < -0.4 is 9.47 Å². The molecule has 6 heteroatoms. The van der Waals surface area contributed by atoms with Crippen LogP contribution >= 0.6 is 0 Å². The zero-order chi connectivity index (χ0) is 23.1. The third-order valence-electron chi connectivity index (χ3n) is 5.86. The summed E-state index contributed by atoms with van der Waals surface area (Å²) in [5.41, 5.74) is 4.41. The van der Waals surface area contributed by atoms with Gasteiger partial charge in [0, 0.05) is 32.6 Å². The third kappa shape index (κ3) is 6.25.